The summed E-state index contributed by atoms with van der Waals surface area (Å²) in [5, 5.41) is 0. The molecule has 0 aliphatic carbocycles. The average Bonchev–Trinajstić information content (AvgIpc) is 1.85. The molecule has 0 fully saturated rings. The molecule has 0 aliphatic rings. The summed E-state index contributed by atoms with van der Waals surface area (Å²) in [6, 6.07) is 0. The first-order valence-electron chi connectivity index (χ1n) is 3.54. The molecule has 0 N–H and O–H groups in total. The molecule has 1 unspecified atom stereocenters. The number of hydrogen-bond acceptors (Lipinski definition) is 1. The van der Waals surface area contributed by atoms with E-state index in [-0.39, 0.29) is 0 Å². The van der Waals surface area contributed by atoms with Crippen LogP contribution in [-0.2, 0) is 0 Å². The molecular weight excluding hydrogens is 135 g/mol. The van der Waals surface area contributed by atoms with Gasteiger partial charge in [0.15, 0.2) is 0 Å². The lowest BCUT2D eigenvalue weighted by atomic mass is 10.0. The molecule has 0 amide bonds. The number of halogens is 1. The fourth-order valence-electron chi connectivity index (χ4n) is 0.883. The zero-order chi connectivity index (χ0) is 7.11. The minimum Gasteiger partial charge on any atom is -0.165 e. The highest BCUT2D eigenvalue weighted by molar-refractivity contribution is 7.94. The van der Waals surface area contributed by atoms with E-state index in [0.717, 1.165) is 6.42 Å². The lowest BCUT2D eigenvalue weighted by Crippen LogP contribution is -1.94. The zero-order valence-corrected chi connectivity index (χ0v) is 7.01. The van der Waals surface area contributed by atoms with Gasteiger partial charge in [-0.05, 0) is 12.3 Å². The first kappa shape index (κ1) is 9.28. The lowest BCUT2D eigenvalue weighted by molar-refractivity contribution is 0.512. The van der Waals surface area contributed by atoms with Gasteiger partial charge in [0.1, 0.15) is 0 Å². The van der Waals surface area contributed by atoms with E-state index in [1.54, 1.807) is 0 Å². The molecule has 2 heteroatoms. The van der Waals surface area contributed by atoms with Crippen LogP contribution in [0.2, 0.25) is 0 Å². The fraction of sp³-hybridized carbons (Fsp3) is 1.00. The average molecular weight is 150 g/mol. The van der Waals surface area contributed by atoms with E-state index in [0.29, 0.717) is 23.8 Å². The molecule has 0 spiro atoms. The third kappa shape index (κ3) is 6.16. The van der Waals surface area contributed by atoms with Gasteiger partial charge < -0.3 is 0 Å². The van der Waals surface area contributed by atoms with Gasteiger partial charge in [0.2, 0.25) is 0 Å². The van der Waals surface area contributed by atoms with E-state index in [1.807, 2.05) is 0 Å². The van der Waals surface area contributed by atoms with E-state index in [4.69, 9.17) is 0 Å². The van der Waals surface area contributed by atoms with E-state index >= 15 is 0 Å². The molecule has 0 heterocycles. The highest BCUT2D eigenvalue weighted by atomic mass is 32.2. The highest BCUT2D eigenvalue weighted by Gasteiger charge is 1.98. The van der Waals surface area contributed by atoms with E-state index in [1.165, 1.54) is 12.8 Å². The van der Waals surface area contributed by atoms with Crippen molar-refractivity contribution in [3.63, 3.8) is 0 Å². The van der Waals surface area contributed by atoms with Crippen molar-refractivity contribution in [2.45, 2.75) is 33.1 Å². The van der Waals surface area contributed by atoms with Gasteiger partial charge in [-0.25, -0.2) is 0 Å². The van der Waals surface area contributed by atoms with Crippen molar-refractivity contribution in [3.8, 4) is 0 Å². The summed E-state index contributed by atoms with van der Waals surface area (Å²) in [4.78, 5) is 0. The Morgan fingerprint density at radius 2 is 2.11 bits per heavy atom. The second-order valence-electron chi connectivity index (χ2n) is 2.50. The van der Waals surface area contributed by atoms with Gasteiger partial charge >= 0.3 is 0 Å². The maximum atomic E-state index is 11.5. The molecule has 0 aromatic rings. The Morgan fingerprint density at radius 1 is 1.44 bits per heavy atom. The van der Waals surface area contributed by atoms with Crippen molar-refractivity contribution in [1.82, 2.24) is 0 Å². The van der Waals surface area contributed by atoms with E-state index in [9.17, 15) is 3.89 Å². The maximum Gasteiger partial charge on any atom is 0.0443 e. The van der Waals surface area contributed by atoms with Crippen LogP contribution in [0.25, 0.3) is 0 Å². The van der Waals surface area contributed by atoms with Gasteiger partial charge in [-0.2, -0.15) is 3.89 Å². The quantitative estimate of drug-likeness (QED) is 0.578. The summed E-state index contributed by atoms with van der Waals surface area (Å²) < 4.78 is 11.5. The van der Waals surface area contributed by atoms with Crippen molar-refractivity contribution in [1.29, 1.82) is 0 Å². The van der Waals surface area contributed by atoms with Crippen molar-refractivity contribution in [3.05, 3.63) is 0 Å². The molecular formula is C7H15FS. The first-order chi connectivity index (χ1) is 4.31. The summed E-state index contributed by atoms with van der Waals surface area (Å²) in [6.45, 7) is 4.35. The van der Waals surface area contributed by atoms with Crippen molar-refractivity contribution < 1.29 is 3.89 Å². The van der Waals surface area contributed by atoms with Crippen LogP contribution in [0, 0.1) is 5.92 Å². The van der Waals surface area contributed by atoms with Crippen LogP contribution in [0.3, 0.4) is 0 Å². The van der Waals surface area contributed by atoms with Crippen LogP contribution in [0.5, 0.6) is 0 Å². The van der Waals surface area contributed by atoms with Gasteiger partial charge in [-0.15, -0.1) is 0 Å². The molecule has 0 aromatic heterocycles. The Bertz CT molecular complexity index is 56.9. The lowest BCUT2D eigenvalue weighted by Gasteiger charge is -2.05. The molecule has 1 atom stereocenters. The van der Waals surface area contributed by atoms with Gasteiger partial charge in [-0.1, -0.05) is 26.7 Å². The third-order valence-electron chi connectivity index (χ3n) is 1.47. The van der Waals surface area contributed by atoms with Crippen molar-refractivity contribution >= 4 is 12.1 Å². The predicted octanol–water partition coefficient (Wildman–Crippen LogP) is 3.43. The SMILES string of the molecule is CCCC(C)CCSF. The van der Waals surface area contributed by atoms with E-state index in [2.05, 4.69) is 13.8 Å². The molecule has 56 valence electrons. The van der Waals surface area contributed by atoms with Crippen LogP contribution in [-0.4, -0.2) is 5.75 Å². The molecule has 9 heavy (non-hydrogen) atoms. The first-order valence-corrected chi connectivity index (χ1v) is 4.43. The molecule has 0 aliphatic heterocycles. The van der Waals surface area contributed by atoms with Crippen LogP contribution < -0.4 is 0 Å². The topological polar surface area (TPSA) is 0 Å². The summed E-state index contributed by atoms with van der Waals surface area (Å²) >= 11 is 0.456. The Kier molecular flexibility index (Phi) is 6.60. The van der Waals surface area contributed by atoms with Crippen molar-refractivity contribution in [2.75, 3.05) is 5.75 Å². The Balaban J connectivity index is 2.95. The Hall–Kier alpha value is 0.280. The van der Waals surface area contributed by atoms with Crippen LogP contribution >= 0.6 is 12.1 Å². The number of hydrogen-bond donors (Lipinski definition) is 0. The summed E-state index contributed by atoms with van der Waals surface area (Å²) in [6.07, 6.45) is 3.48. The van der Waals surface area contributed by atoms with Crippen LogP contribution in [0.4, 0.5) is 3.89 Å². The molecule has 0 rings (SSSR count). The van der Waals surface area contributed by atoms with Crippen LogP contribution in [0.1, 0.15) is 33.1 Å². The largest absolute Gasteiger partial charge is 0.165 e. The normalized spacial score (nSPS) is 13.7. The monoisotopic (exact) mass is 150 g/mol. The maximum absolute atomic E-state index is 11.5. The highest BCUT2D eigenvalue weighted by Crippen LogP contribution is 2.13. The Morgan fingerprint density at radius 3 is 2.56 bits per heavy atom. The fourth-order valence-corrected chi connectivity index (χ4v) is 1.37. The molecule has 0 saturated heterocycles. The van der Waals surface area contributed by atoms with Gasteiger partial charge in [0, 0.05) is 17.9 Å². The van der Waals surface area contributed by atoms with Crippen LogP contribution in [0.15, 0.2) is 0 Å². The second kappa shape index (κ2) is 6.40. The van der Waals surface area contributed by atoms with Gasteiger partial charge in [-0.3, -0.25) is 0 Å². The second-order valence-corrected chi connectivity index (χ2v) is 3.12. The standard InChI is InChI=1S/C7H15FS/c1-3-4-7(2)5-6-9-8/h7H,3-6H2,1-2H3. The molecule has 0 nitrogen and oxygen atoms in total. The molecule has 0 bridgehead atoms. The molecule has 0 saturated carbocycles. The summed E-state index contributed by atoms with van der Waals surface area (Å²) in [5.41, 5.74) is 0. The molecule has 0 aromatic carbocycles. The summed E-state index contributed by atoms with van der Waals surface area (Å²) in [7, 11) is 0. The molecule has 0 radical (unpaired) electrons. The van der Waals surface area contributed by atoms with E-state index < -0.39 is 0 Å². The predicted molar refractivity (Wildman–Crippen MR) is 42.3 cm³/mol. The minimum atomic E-state index is 0.456. The summed E-state index contributed by atoms with van der Waals surface area (Å²) in [5.74, 6) is 1.37. The Labute approximate surface area is 61.5 Å². The third-order valence-corrected chi connectivity index (χ3v) is 1.86. The van der Waals surface area contributed by atoms with Crippen molar-refractivity contribution in [2.24, 2.45) is 5.92 Å². The van der Waals surface area contributed by atoms with Gasteiger partial charge in [0.05, 0.1) is 0 Å². The van der Waals surface area contributed by atoms with Gasteiger partial charge in [0.25, 0.3) is 0 Å². The zero-order valence-electron chi connectivity index (χ0n) is 6.19. The smallest absolute Gasteiger partial charge is 0.0443 e. The number of rotatable bonds is 5. The minimum absolute atomic E-state index is 0.456.